The molecule has 0 spiro atoms. The second-order valence-electron chi connectivity index (χ2n) is 5.09. The first-order valence-electron chi connectivity index (χ1n) is 6.59. The maximum absolute atomic E-state index is 12.1. The highest BCUT2D eigenvalue weighted by molar-refractivity contribution is 5.88. The fraction of sp³-hybridized carbons (Fsp3) is 0.400. The third kappa shape index (κ3) is 2.80. The number of nitrogens with zero attached hydrogens (tertiary/aromatic N) is 1. The number of hydrogen-bond acceptors (Lipinski definition) is 3. The minimum atomic E-state index is -0.998. The highest BCUT2D eigenvalue weighted by Gasteiger charge is 2.41. The maximum Gasteiger partial charge on any atom is 0.335 e. The molecule has 2 N–H and O–H groups in total. The summed E-state index contributed by atoms with van der Waals surface area (Å²) in [4.78, 5) is 23.0. The molecule has 20 heavy (non-hydrogen) atoms. The van der Waals surface area contributed by atoms with Gasteiger partial charge >= 0.3 is 5.97 Å². The minimum absolute atomic E-state index is 0.188. The van der Waals surface area contributed by atoms with Crippen molar-refractivity contribution < 1.29 is 14.7 Å². The van der Waals surface area contributed by atoms with Crippen molar-refractivity contribution in [3.8, 4) is 6.07 Å². The Morgan fingerprint density at radius 1 is 1.35 bits per heavy atom. The van der Waals surface area contributed by atoms with Gasteiger partial charge in [-0.2, -0.15) is 5.26 Å². The Morgan fingerprint density at radius 3 is 2.65 bits per heavy atom. The largest absolute Gasteiger partial charge is 0.478 e. The van der Waals surface area contributed by atoms with Gasteiger partial charge in [0.05, 0.1) is 11.6 Å². The zero-order valence-electron chi connectivity index (χ0n) is 11.1. The average Bonchev–Trinajstić information content (AvgIpc) is 2.95. The standard InChI is InChI=1S/C15H16N2O3/c16-10-15(6-1-2-7-15)14(20)17-9-11-4-3-5-12(8-11)13(18)19/h3-5,8H,1-2,6-7,9H2,(H,17,20)(H,18,19). The molecule has 2 rings (SSSR count). The van der Waals surface area contributed by atoms with Crippen molar-refractivity contribution in [2.45, 2.75) is 32.2 Å². The zero-order chi connectivity index (χ0) is 14.6. The van der Waals surface area contributed by atoms with Gasteiger partial charge in [0, 0.05) is 6.54 Å². The topological polar surface area (TPSA) is 90.2 Å². The monoisotopic (exact) mass is 272 g/mol. The van der Waals surface area contributed by atoms with E-state index in [0.717, 1.165) is 12.8 Å². The van der Waals surface area contributed by atoms with Crippen LogP contribution in [0.25, 0.3) is 0 Å². The smallest absolute Gasteiger partial charge is 0.335 e. The van der Waals surface area contributed by atoms with Crippen molar-refractivity contribution in [1.29, 1.82) is 5.26 Å². The molecule has 1 aliphatic rings. The van der Waals surface area contributed by atoms with Gasteiger partial charge in [-0.1, -0.05) is 25.0 Å². The molecule has 0 atom stereocenters. The Hall–Kier alpha value is -2.35. The van der Waals surface area contributed by atoms with E-state index in [9.17, 15) is 14.9 Å². The van der Waals surface area contributed by atoms with Crippen LogP contribution < -0.4 is 5.32 Å². The van der Waals surface area contributed by atoms with Gasteiger partial charge in [0.2, 0.25) is 5.91 Å². The summed E-state index contributed by atoms with van der Waals surface area (Å²) in [5, 5.41) is 20.9. The van der Waals surface area contributed by atoms with Crippen LogP contribution in [0.3, 0.4) is 0 Å². The Balaban J connectivity index is 2.02. The van der Waals surface area contributed by atoms with Gasteiger partial charge in [-0.25, -0.2) is 4.79 Å². The second kappa shape index (κ2) is 5.74. The predicted molar refractivity (Wildman–Crippen MR) is 71.8 cm³/mol. The van der Waals surface area contributed by atoms with Crippen LogP contribution in [0, 0.1) is 16.7 Å². The van der Waals surface area contributed by atoms with Crippen LogP contribution in [0.1, 0.15) is 41.6 Å². The highest BCUT2D eigenvalue weighted by atomic mass is 16.4. The molecule has 0 aliphatic heterocycles. The SMILES string of the molecule is N#CC1(C(=O)NCc2cccc(C(=O)O)c2)CCCC1. The number of carboxylic acids is 1. The van der Waals surface area contributed by atoms with E-state index in [1.807, 2.05) is 0 Å². The van der Waals surface area contributed by atoms with Crippen LogP contribution >= 0.6 is 0 Å². The van der Waals surface area contributed by atoms with Gasteiger partial charge in [0.1, 0.15) is 5.41 Å². The molecule has 0 saturated heterocycles. The normalized spacial score (nSPS) is 16.4. The number of hydrogen-bond donors (Lipinski definition) is 2. The third-order valence-corrected chi connectivity index (χ3v) is 3.73. The fourth-order valence-electron chi connectivity index (χ4n) is 2.53. The van der Waals surface area contributed by atoms with Gasteiger partial charge in [-0.05, 0) is 30.5 Å². The van der Waals surface area contributed by atoms with E-state index in [4.69, 9.17) is 5.11 Å². The molecule has 0 unspecified atom stereocenters. The first-order valence-corrected chi connectivity index (χ1v) is 6.59. The molecule has 0 radical (unpaired) electrons. The van der Waals surface area contributed by atoms with Gasteiger partial charge in [-0.3, -0.25) is 4.79 Å². The lowest BCUT2D eigenvalue weighted by Crippen LogP contribution is -2.37. The molecule has 1 saturated carbocycles. The fourth-order valence-corrected chi connectivity index (χ4v) is 2.53. The molecule has 1 fully saturated rings. The Bertz CT molecular complexity index is 569. The first-order chi connectivity index (χ1) is 9.57. The number of carboxylic acid groups (broad SMARTS) is 1. The number of amides is 1. The van der Waals surface area contributed by atoms with Crippen LogP contribution in [0.5, 0.6) is 0 Å². The summed E-state index contributed by atoms with van der Waals surface area (Å²) in [6.07, 6.45) is 3.00. The Morgan fingerprint density at radius 2 is 2.05 bits per heavy atom. The highest BCUT2D eigenvalue weighted by Crippen LogP contribution is 2.37. The van der Waals surface area contributed by atoms with Crippen molar-refractivity contribution in [2.24, 2.45) is 5.41 Å². The molecule has 1 aromatic rings. The van der Waals surface area contributed by atoms with Gasteiger partial charge in [0.15, 0.2) is 0 Å². The lowest BCUT2D eigenvalue weighted by atomic mass is 9.87. The van der Waals surface area contributed by atoms with Crippen molar-refractivity contribution in [3.05, 3.63) is 35.4 Å². The average molecular weight is 272 g/mol. The number of rotatable bonds is 4. The summed E-state index contributed by atoms with van der Waals surface area (Å²) in [5.74, 6) is -1.25. The van der Waals surface area contributed by atoms with E-state index in [2.05, 4.69) is 11.4 Å². The number of aromatic carboxylic acids is 1. The summed E-state index contributed by atoms with van der Waals surface area (Å²) < 4.78 is 0. The van der Waals surface area contributed by atoms with Gasteiger partial charge < -0.3 is 10.4 Å². The number of carbonyl (C=O) groups is 2. The molecule has 1 amide bonds. The van der Waals surface area contributed by atoms with Crippen molar-refractivity contribution >= 4 is 11.9 Å². The van der Waals surface area contributed by atoms with E-state index in [-0.39, 0.29) is 18.0 Å². The van der Waals surface area contributed by atoms with Crippen molar-refractivity contribution in [2.75, 3.05) is 0 Å². The van der Waals surface area contributed by atoms with Crippen LogP contribution in [-0.2, 0) is 11.3 Å². The third-order valence-electron chi connectivity index (χ3n) is 3.73. The van der Waals surface area contributed by atoms with Gasteiger partial charge in [0.25, 0.3) is 0 Å². The van der Waals surface area contributed by atoms with E-state index in [1.165, 1.54) is 12.1 Å². The van der Waals surface area contributed by atoms with E-state index < -0.39 is 11.4 Å². The van der Waals surface area contributed by atoms with Crippen molar-refractivity contribution in [3.63, 3.8) is 0 Å². The number of nitrogens with one attached hydrogen (secondary N) is 1. The molecular formula is C15H16N2O3. The van der Waals surface area contributed by atoms with Crippen LogP contribution in [0.4, 0.5) is 0 Å². The quantitative estimate of drug-likeness (QED) is 0.878. The number of benzene rings is 1. The lowest BCUT2D eigenvalue weighted by Gasteiger charge is -2.19. The first kappa shape index (κ1) is 14.1. The van der Waals surface area contributed by atoms with Crippen LogP contribution in [0.2, 0.25) is 0 Å². The summed E-state index contributed by atoms with van der Waals surface area (Å²) in [5.41, 5.74) is 0.00155. The molecule has 0 aromatic heterocycles. The lowest BCUT2D eigenvalue weighted by molar-refractivity contribution is -0.128. The molecule has 104 valence electrons. The Labute approximate surface area is 117 Å². The summed E-state index contributed by atoms with van der Waals surface area (Å²) >= 11 is 0. The summed E-state index contributed by atoms with van der Waals surface area (Å²) in [6.45, 7) is 0.239. The molecular weight excluding hydrogens is 256 g/mol. The predicted octanol–water partition coefficient (Wildman–Crippen LogP) is 2.08. The number of nitriles is 1. The van der Waals surface area contributed by atoms with Crippen LogP contribution in [-0.4, -0.2) is 17.0 Å². The van der Waals surface area contributed by atoms with E-state index >= 15 is 0 Å². The van der Waals surface area contributed by atoms with E-state index in [1.54, 1.807) is 12.1 Å². The molecule has 0 heterocycles. The zero-order valence-corrected chi connectivity index (χ0v) is 11.1. The van der Waals surface area contributed by atoms with Gasteiger partial charge in [-0.15, -0.1) is 0 Å². The Kier molecular flexibility index (Phi) is 4.04. The molecule has 0 bridgehead atoms. The maximum atomic E-state index is 12.1. The van der Waals surface area contributed by atoms with Crippen LogP contribution in [0.15, 0.2) is 24.3 Å². The second-order valence-corrected chi connectivity index (χ2v) is 5.09. The molecule has 5 nitrogen and oxygen atoms in total. The summed E-state index contributed by atoms with van der Waals surface area (Å²) in [7, 11) is 0. The minimum Gasteiger partial charge on any atom is -0.478 e. The van der Waals surface area contributed by atoms with Crippen molar-refractivity contribution in [1.82, 2.24) is 5.32 Å². The molecule has 5 heteroatoms. The molecule has 1 aliphatic carbocycles. The molecule has 1 aromatic carbocycles. The number of carbonyl (C=O) groups excluding carboxylic acids is 1. The summed E-state index contributed by atoms with van der Waals surface area (Å²) in [6, 6.07) is 8.55. The van der Waals surface area contributed by atoms with E-state index in [0.29, 0.717) is 18.4 Å².